The van der Waals surface area contributed by atoms with E-state index in [4.69, 9.17) is 9.47 Å². The molecular weight excluding hydrogens is 458 g/mol. The Morgan fingerprint density at radius 3 is 2.16 bits per heavy atom. The van der Waals surface area contributed by atoms with Crippen LogP contribution in [-0.2, 0) is 22.3 Å². The fourth-order valence-corrected chi connectivity index (χ4v) is 6.65. The Bertz CT molecular complexity index is 1300. The van der Waals surface area contributed by atoms with E-state index in [1.807, 2.05) is 4.90 Å². The van der Waals surface area contributed by atoms with E-state index in [1.165, 1.54) is 50.1 Å². The fraction of sp³-hybridized carbons (Fsp3) is 0.364. The average Bonchev–Trinajstić information content (AvgIpc) is 3.24. The van der Waals surface area contributed by atoms with Crippen molar-refractivity contribution >= 4 is 11.7 Å². The molecule has 4 heteroatoms. The molecule has 3 aromatic rings. The molecule has 2 aliphatic heterocycles. The van der Waals surface area contributed by atoms with Gasteiger partial charge in [-0.2, -0.15) is 0 Å². The van der Waals surface area contributed by atoms with Gasteiger partial charge in [-0.25, -0.2) is 4.79 Å². The molecular formula is C33H35NO3. The number of fused-ring (bicyclic) bond motifs is 5. The molecule has 0 spiro atoms. The van der Waals surface area contributed by atoms with Gasteiger partial charge in [-0.15, -0.1) is 0 Å². The Morgan fingerprint density at radius 1 is 0.946 bits per heavy atom. The van der Waals surface area contributed by atoms with Gasteiger partial charge in [0.05, 0.1) is 25.3 Å². The zero-order valence-electron chi connectivity index (χ0n) is 22.0. The van der Waals surface area contributed by atoms with Crippen LogP contribution in [0.2, 0.25) is 0 Å². The van der Waals surface area contributed by atoms with Gasteiger partial charge in [-0.3, -0.25) is 4.90 Å². The van der Waals surface area contributed by atoms with Crippen LogP contribution in [0, 0.1) is 6.92 Å². The second kappa shape index (κ2) is 9.83. The maximum absolute atomic E-state index is 13.5. The van der Waals surface area contributed by atoms with Crippen LogP contribution in [0.15, 0.2) is 66.7 Å². The monoisotopic (exact) mass is 493 g/mol. The van der Waals surface area contributed by atoms with E-state index in [2.05, 4.69) is 87.5 Å². The third kappa shape index (κ3) is 4.18. The van der Waals surface area contributed by atoms with Crippen molar-refractivity contribution in [1.29, 1.82) is 0 Å². The highest BCUT2D eigenvalue weighted by atomic mass is 16.6. The van der Waals surface area contributed by atoms with Crippen LogP contribution in [0.5, 0.6) is 0 Å². The first kappa shape index (κ1) is 24.0. The summed E-state index contributed by atoms with van der Waals surface area (Å²) in [5.41, 5.74) is 11.8. The lowest BCUT2D eigenvalue weighted by molar-refractivity contribution is -0.0331. The summed E-state index contributed by atoms with van der Waals surface area (Å²) < 4.78 is 12.0. The molecule has 3 aliphatic rings. The second-order valence-corrected chi connectivity index (χ2v) is 10.5. The van der Waals surface area contributed by atoms with Crippen LogP contribution in [0.25, 0.3) is 16.7 Å². The van der Waals surface area contributed by atoms with Crippen molar-refractivity contribution in [3.8, 4) is 11.1 Å². The molecule has 190 valence electrons. The number of nitrogens with zero attached hydrogens (tertiary/aromatic N) is 1. The Kier molecular flexibility index (Phi) is 6.37. The van der Waals surface area contributed by atoms with Crippen molar-refractivity contribution in [3.63, 3.8) is 0 Å². The van der Waals surface area contributed by atoms with Crippen LogP contribution in [0.4, 0.5) is 4.79 Å². The van der Waals surface area contributed by atoms with Crippen LogP contribution >= 0.6 is 0 Å². The number of aryl methyl sites for hydroxylation is 3. The van der Waals surface area contributed by atoms with Crippen molar-refractivity contribution in [1.82, 2.24) is 4.90 Å². The molecule has 0 saturated carbocycles. The highest BCUT2D eigenvalue weighted by Gasteiger charge is 2.40. The molecule has 0 N–H and O–H groups in total. The lowest BCUT2D eigenvalue weighted by Crippen LogP contribution is -2.56. The fourth-order valence-electron chi connectivity index (χ4n) is 6.65. The molecule has 2 atom stereocenters. The number of carbonyl (C=O) groups excluding carboxylic acids is 1. The number of hydrogen-bond donors (Lipinski definition) is 0. The van der Waals surface area contributed by atoms with Gasteiger partial charge in [-0.05, 0) is 70.7 Å². The summed E-state index contributed by atoms with van der Waals surface area (Å²) in [6, 6.07) is 21.4. The molecule has 3 aromatic carbocycles. The number of rotatable bonds is 5. The number of hydrogen-bond acceptors (Lipinski definition) is 3. The molecule has 0 aromatic heterocycles. The zero-order valence-corrected chi connectivity index (χ0v) is 22.0. The lowest BCUT2D eigenvalue weighted by atomic mass is 9.83. The van der Waals surface area contributed by atoms with E-state index in [9.17, 15) is 4.79 Å². The maximum atomic E-state index is 13.5. The van der Waals surface area contributed by atoms with Gasteiger partial charge >= 0.3 is 6.09 Å². The predicted octanol–water partition coefficient (Wildman–Crippen LogP) is 6.93. The zero-order chi connectivity index (χ0) is 25.5. The van der Waals surface area contributed by atoms with Gasteiger partial charge < -0.3 is 9.47 Å². The largest absolute Gasteiger partial charge is 0.448 e. The molecule has 2 unspecified atom stereocenters. The molecule has 2 heterocycles. The predicted molar refractivity (Wildman–Crippen MR) is 148 cm³/mol. The number of carbonyl (C=O) groups is 1. The van der Waals surface area contributed by atoms with Gasteiger partial charge in [0.15, 0.2) is 0 Å². The Hall–Kier alpha value is -3.37. The Balaban J connectivity index is 1.25. The second-order valence-electron chi connectivity index (χ2n) is 10.5. The standard InChI is InChI=1S/C33H35NO3/c1-4-22-14-21(3)15-23(5-2)32(22)24-16-25-18-36-19-26(17-24)34(25)33(35)37-20-31-29-12-8-6-10-27(29)28-11-7-9-13-30(28)31/h6-16,25-26,31H,4-5,17-20H2,1-3H3. The first-order valence-electron chi connectivity index (χ1n) is 13.6. The first-order chi connectivity index (χ1) is 18.1. The molecule has 37 heavy (non-hydrogen) atoms. The summed E-state index contributed by atoms with van der Waals surface area (Å²) in [7, 11) is 0. The lowest BCUT2D eigenvalue weighted by Gasteiger charge is -2.44. The molecule has 4 nitrogen and oxygen atoms in total. The van der Waals surface area contributed by atoms with Gasteiger partial charge in [0, 0.05) is 5.92 Å². The van der Waals surface area contributed by atoms with Crippen molar-refractivity contribution in [2.75, 3.05) is 19.8 Å². The van der Waals surface area contributed by atoms with Crippen molar-refractivity contribution < 1.29 is 14.3 Å². The van der Waals surface area contributed by atoms with Gasteiger partial charge in [-0.1, -0.05) is 86.2 Å². The number of amides is 1. The number of ether oxygens (including phenoxy) is 2. The van der Waals surface area contributed by atoms with E-state index < -0.39 is 0 Å². The first-order valence-corrected chi connectivity index (χ1v) is 13.6. The Morgan fingerprint density at radius 2 is 1.57 bits per heavy atom. The van der Waals surface area contributed by atoms with E-state index in [1.54, 1.807) is 0 Å². The molecule has 6 rings (SSSR count). The minimum absolute atomic E-state index is 0.00915. The summed E-state index contributed by atoms with van der Waals surface area (Å²) in [5.74, 6) is 0.0649. The summed E-state index contributed by atoms with van der Waals surface area (Å²) in [4.78, 5) is 15.5. The van der Waals surface area contributed by atoms with Gasteiger partial charge in [0.2, 0.25) is 0 Å². The van der Waals surface area contributed by atoms with Crippen LogP contribution < -0.4 is 0 Å². The Labute approximate surface area is 219 Å². The summed E-state index contributed by atoms with van der Waals surface area (Å²) in [6.07, 6.45) is 4.84. The topological polar surface area (TPSA) is 38.8 Å². The quantitative estimate of drug-likeness (QED) is 0.387. The normalized spacial score (nSPS) is 20.3. The molecule has 1 amide bonds. The van der Waals surface area contributed by atoms with E-state index >= 15 is 0 Å². The third-order valence-corrected chi connectivity index (χ3v) is 8.27. The SMILES string of the molecule is CCc1cc(C)cc(CC)c1C1=CC2COCC(C1)N2C(=O)OCC1c2ccccc2-c2ccccc21. The van der Waals surface area contributed by atoms with Crippen molar-refractivity contribution in [2.24, 2.45) is 0 Å². The van der Waals surface area contributed by atoms with E-state index in [-0.39, 0.29) is 24.1 Å². The van der Waals surface area contributed by atoms with Gasteiger partial charge in [0.25, 0.3) is 0 Å². The highest BCUT2D eigenvalue weighted by molar-refractivity contribution is 5.80. The van der Waals surface area contributed by atoms with Crippen LogP contribution in [0.3, 0.4) is 0 Å². The summed E-state index contributed by atoms with van der Waals surface area (Å²) in [6.45, 7) is 8.05. The minimum Gasteiger partial charge on any atom is -0.448 e. The molecule has 1 fully saturated rings. The minimum atomic E-state index is -0.231. The summed E-state index contributed by atoms with van der Waals surface area (Å²) in [5, 5.41) is 0. The van der Waals surface area contributed by atoms with Crippen molar-refractivity contribution in [3.05, 3.63) is 100 Å². The third-order valence-electron chi connectivity index (χ3n) is 8.27. The molecule has 2 bridgehead atoms. The van der Waals surface area contributed by atoms with Crippen LogP contribution in [0.1, 0.15) is 59.6 Å². The van der Waals surface area contributed by atoms with E-state index in [0.717, 1.165) is 19.3 Å². The number of benzene rings is 3. The average molecular weight is 494 g/mol. The molecule has 1 aliphatic carbocycles. The molecule has 0 radical (unpaired) electrons. The van der Waals surface area contributed by atoms with Gasteiger partial charge in [0.1, 0.15) is 6.61 Å². The highest BCUT2D eigenvalue weighted by Crippen LogP contribution is 2.45. The molecule has 1 saturated heterocycles. The summed E-state index contributed by atoms with van der Waals surface area (Å²) >= 11 is 0. The number of morpholine rings is 1. The maximum Gasteiger partial charge on any atom is 0.410 e. The van der Waals surface area contributed by atoms with E-state index in [0.29, 0.717) is 19.8 Å². The smallest absolute Gasteiger partial charge is 0.410 e. The van der Waals surface area contributed by atoms with Crippen LogP contribution in [-0.4, -0.2) is 42.9 Å². The van der Waals surface area contributed by atoms with Crippen molar-refractivity contribution in [2.45, 2.75) is 58.0 Å².